The number of methoxy groups -OCH3 is 1. The number of amides is 1. The molecule has 1 aliphatic carbocycles. The SMILES string of the molecule is COc1cccc(CNC(=O)c2cc(-c3ccccc3CO)ccc2OCC2CC2)c1. The maximum atomic E-state index is 13.1. The Labute approximate surface area is 182 Å². The molecule has 1 saturated carbocycles. The van der Waals surface area contributed by atoms with E-state index in [-0.39, 0.29) is 12.5 Å². The molecule has 0 atom stereocenters. The molecule has 0 aliphatic heterocycles. The molecule has 3 aromatic carbocycles. The third-order valence-electron chi connectivity index (χ3n) is 5.48. The van der Waals surface area contributed by atoms with E-state index in [9.17, 15) is 9.90 Å². The fourth-order valence-corrected chi connectivity index (χ4v) is 3.49. The number of nitrogens with one attached hydrogen (secondary N) is 1. The lowest BCUT2D eigenvalue weighted by atomic mass is 9.97. The standard InChI is InChI=1S/C26H27NO4/c1-30-22-7-4-5-19(13-22)15-27-26(29)24-14-20(23-8-3-2-6-21(23)16-28)11-12-25(24)31-17-18-9-10-18/h2-8,11-14,18,28H,9-10,15-17H2,1H3,(H,27,29). The van der Waals surface area contributed by atoms with Gasteiger partial charge in [-0.25, -0.2) is 0 Å². The fourth-order valence-electron chi connectivity index (χ4n) is 3.49. The highest BCUT2D eigenvalue weighted by Gasteiger charge is 2.23. The molecule has 0 heterocycles. The summed E-state index contributed by atoms with van der Waals surface area (Å²) in [5.74, 6) is 1.72. The summed E-state index contributed by atoms with van der Waals surface area (Å²) in [6, 6.07) is 20.9. The van der Waals surface area contributed by atoms with Gasteiger partial charge in [0.25, 0.3) is 5.91 Å². The predicted molar refractivity (Wildman–Crippen MR) is 120 cm³/mol. The normalized spacial score (nSPS) is 13.0. The monoisotopic (exact) mass is 417 g/mol. The highest BCUT2D eigenvalue weighted by atomic mass is 16.5. The van der Waals surface area contributed by atoms with Crippen molar-refractivity contribution in [3.63, 3.8) is 0 Å². The molecule has 2 N–H and O–H groups in total. The molecule has 5 heteroatoms. The van der Waals surface area contributed by atoms with Crippen molar-refractivity contribution < 1.29 is 19.4 Å². The van der Waals surface area contributed by atoms with Gasteiger partial charge in [-0.2, -0.15) is 0 Å². The van der Waals surface area contributed by atoms with E-state index >= 15 is 0 Å². The van der Waals surface area contributed by atoms with Gasteiger partial charge < -0.3 is 19.9 Å². The second-order valence-electron chi connectivity index (χ2n) is 7.81. The van der Waals surface area contributed by atoms with E-state index in [2.05, 4.69) is 5.32 Å². The van der Waals surface area contributed by atoms with Crippen molar-refractivity contribution in [1.29, 1.82) is 0 Å². The first-order valence-electron chi connectivity index (χ1n) is 10.5. The summed E-state index contributed by atoms with van der Waals surface area (Å²) in [5.41, 5.74) is 4.04. The first-order chi connectivity index (χ1) is 15.2. The summed E-state index contributed by atoms with van der Waals surface area (Å²) >= 11 is 0. The van der Waals surface area contributed by atoms with Crippen LogP contribution in [0.4, 0.5) is 0 Å². The van der Waals surface area contributed by atoms with Crippen molar-refractivity contribution in [2.24, 2.45) is 5.92 Å². The Hall–Kier alpha value is -3.31. The lowest BCUT2D eigenvalue weighted by Gasteiger charge is -2.15. The molecule has 31 heavy (non-hydrogen) atoms. The van der Waals surface area contributed by atoms with Crippen LogP contribution in [0, 0.1) is 5.92 Å². The number of carbonyl (C=O) groups is 1. The van der Waals surface area contributed by atoms with Gasteiger partial charge in [0.1, 0.15) is 11.5 Å². The highest BCUT2D eigenvalue weighted by Crippen LogP contribution is 2.33. The third kappa shape index (κ3) is 5.25. The Morgan fingerprint density at radius 3 is 2.68 bits per heavy atom. The molecule has 1 fully saturated rings. The summed E-state index contributed by atoms with van der Waals surface area (Å²) in [7, 11) is 1.62. The van der Waals surface area contributed by atoms with Crippen molar-refractivity contribution in [2.75, 3.05) is 13.7 Å². The van der Waals surface area contributed by atoms with Gasteiger partial charge in [-0.05, 0) is 65.3 Å². The number of carbonyl (C=O) groups excluding carboxylic acids is 1. The molecule has 5 nitrogen and oxygen atoms in total. The topological polar surface area (TPSA) is 67.8 Å². The zero-order chi connectivity index (χ0) is 21.6. The van der Waals surface area contributed by atoms with Crippen LogP contribution in [0.5, 0.6) is 11.5 Å². The predicted octanol–water partition coefficient (Wildman–Crippen LogP) is 4.57. The first kappa shape index (κ1) is 20.9. The molecule has 1 aliphatic rings. The molecular formula is C26H27NO4. The number of hydrogen-bond donors (Lipinski definition) is 2. The summed E-state index contributed by atoms with van der Waals surface area (Å²) in [4.78, 5) is 13.1. The molecule has 0 aromatic heterocycles. The Balaban J connectivity index is 1.59. The maximum absolute atomic E-state index is 13.1. The van der Waals surface area contributed by atoms with Gasteiger partial charge in [-0.1, -0.05) is 42.5 Å². The van der Waals surface area contributed by atoms with Gasteiger partial charge in [-0.15, -0.1) is 0 Å². The lowest BCUT2D eigenvalue weighted by Crippen LogP contribution is -2.23. The molecule has 0 spiro atoms. The van der Waals surface area contributed by atoms with Gasteiger partial charge >= 0.3 is 0 Å². The van der Waals surface area contributed by atoms with Crippen LogP contribution in [0.2, 0.25) is 0 Å². The van der Waals surface area contributed by atoms with Gasteiger partial charge in [0.05, 0.1) is 25.9 Å². The van der Waals surface area contributed by atoms with Gasteiger partial charge in [-0.3, -0.25) is 4.79 Å². The Bertz CT molecular complexity index is 1060. The lowest BCUT2D eigenvalue weighted by molar-refractivity contribution is 0.0946. The maximum Gasteiger partial charge on any atom is 0.255 e. The number of rotatable bonds is 9. The minimum Gasteiger partial charge on any atom is -0.497 e. The van der Waals surface area contributed by atoms with Crippen LogP contribution < -0.4 is 14.8 Å². The second-order valence-corrected chi connectivity index (χ2v) is 7.81. The minimum absolute atomic E-state index is 0.0620. The number of aliphatic hydroxyl groups is 1. The van der Waals surface area contributed by atoms with E-state index < -0.39 is 0 Å². The molecule has 0 saturated heterocycles. The quantitative estimate of drug-likeness (QED) is 0.535. The zero-order valence-corrected chi connectivity index (χ0v) is 17.6. The number of benzene rings is 3. The number of ether oxygens (including phenoxy) is 2. The van der Waals surface area contributed by atoms with Gasteiger partial charge in [0.2, 0.25) is 0 Å². The van der Waals surface area contributed by atoms with Crippen LogP contribution in [0.15, 0.2) is 66.7 Å². The van der Waals surface area contributed by atoms with Crippen molar-refractivity contribution >= 4 is 5.91 Å². The van der Waals surface area contributed by atoms with E-state index in [1.807, 2.05) is 66.7 Å². The Morgan fingerprint density at radius 2 is 1.90 bits per heavy atom. The van der Waals surface area contributed by atoms with Crippen LogP contribution in [0.1, 0.15) is 34.3 Å². The Morgan fingerprint density at radius 1 is 1.06 bits per heavy atom. The van der Waals surface area contributed by atoms with Gasteiger partial charge in [0, 0.05) is 6.54 Å². The van der Waals surface area contributed by atoms with E-state index in [0.29, 0.717) is 30.4 Å². The smallest absolute Gasteiger partial charge is 0.255 e. The zero-order valence-electron chi connectivity index (χ0n) is 17.6. The molecular weight excluding hydrogens is 390 g/mol. The van der Waals surface area contributed by atoms with E-state index in [1.165, 1.54) is 12.8 Å². The molecule has 1 amide bonds. The van der Waals surface area contributed by atoms with Crippen LogP contribution in [-0.2, 0) is 13.2 Å². The molecule has 3 aromatic rings. The minimum atomic E-state index is -0.197. The average molecular weight is 418 g/mol. The summed E-state index contributed by atoms with van der Waals surface area (Å²) < 4.78 is 11.2. The summed E-state index contributed by atoms with van der Waals surface area (Å²) in [6.45, 7) is 0.950. The Kier molecular flexibility index (Phi) is 6.53. The largest absolute Gasteiger partial charge is 0.497 e. The fraction of sp³-hybridized carbons (Fsp3) is 0.269. The number of aliphatic hydroxyl groups excluding tert-OH is 1. The van der Waals surface area contributed by atoms with E-state index in [4.69, 9.17) is 9.47 Å². The molecule has 0 unspecified atom stereocenters. The van der Waals surface area contributed by atoms with Crippen LogP contribution in [0.25, 0.3) is 11.1 Å². The van der Waals surface area contributed by atoms with E-state index in [0.717, 1.165) is 28.0 Å². The van der Waals surface area contributed by atoms with Crippen molar-refractivity contribution in [1.82, 2.24) is 5.32 Å². The third-order valence-corrected chi connectivity index (χ3v) is 5.48. The second kappa shape index (κ2) is 9.67. The molecule has 160 valence electrons. The molecule has 0 radical (unpaired) electrons. The average Bonchev–Trinajstić information content (AvgIpc) is 3.66. The number of hydrogen-bond acceptors (Lipinski definition) is 4. The van der Waals surface area contributed by atoms with Crippen molar-refractivity contribution in [2.45, 2.75) is 26.0 Å². The highest BCUT2D eigenvalue weighted by molar-refractivity contribution is 5.98. The van der Waals surface area contributed by atoms with Crippen LogP contribution in [0.3, 0.4) is 0 Å². The van der Waals surface area contributed by atoms with Crippen LogP contribution >= 0.6 is 0 Å². The van der Waals surface area contributed by atoms with Gasteiger partial charge in [0.15, 0.2) is 0 Å². The molecule has 0 bridgehead atoms. The summed E-state index contributed by atoms with van der Waals surface area (Å²) in [6.07, 6.45) is 2.36. The molecule has 4 rings (SSSR count). The van der Waals surface area contributed by atoms with E-state index in [1.54, 1.807) is 7.11 Å². The summed E-state index contributed by atoms with van der Waals surface area (Å²) in [5, 5.41) is 12.7. The van der Waals surface area contributed by atoms with Crippen molar-refractivity contribution in [3.8, 4) is 22.6 Å². The van der Waals surface area contributed by atoms with Crippen LogP contribution in [-0.4, -0.2) is 24.7 Å². The van der Waals surface area contributed by atoms with Crippen molar-refractivity contribution in [3.05, 3.63) is 83.4 Å². The first-order valence-corrected chi connectivity index (χ1v) is 10.5.